The number of carbonyl (C=O) groups is 2. The number of urea groups is 1. The van der Waals surface area contributed by atoms with Crippen molar-refractivity contribution in [1.82, 2.24) is 10.6 Å². The van der Waals surface area contributed by atoms with E-state index in [0.29, 0.717) is 25.1 Å². The summed E-state index contributed by atoms with van der Waals surface area (Å²) in [6.07, 6.45) is 1.41. The molecule has 1 heterocycles. The minimum atomic E-state index is -1.35. The number of hydrogen-bond acceptors (Lipinski definition) is 4. The molecule has 0 saturated heterocycles. The van der Waals surface area contributed by atoms with Crippen LogP contribution in [0.5, 0.6) is 5.75 Å². The number of aryl methyl sites for hydroxylation is 2. The minimum Gasteiger partial charge on any atom is -0.548 e. The van der Waals surface area contributed by atoms with Crippen molar-refractivity contribution in [1.29, 1.82) is 0 Å². The first kappa shape index (κ1) is 22.9. The third-order valence-corrected chi connectivity index (χ3v) is 4.86. The van der Waals surface area contributed by atoms with Crippen LogP contribution in [0, 0.1) is 13.8 Å². The molecule has 2 amide bonds. The van der Waals surface area contributed by atoms with Gasteiger partial charge in [-0.1, -0.05) is 24.3 Å². The monoisotopic (exact) mass is 406 g/mol. The van der Waals surface area contributed by atoms with Crippen LogP contribution in [0.3, 0.4) is 0 Å². The average Bonchev–Trinajstić information content (AvgIpc) is 3.09. The van der Waals surface area contributed by atoms with Crippen LogP contribution < -0.4 is 71.9 Å². The Kier molecular flexibility index (Phi) is 8.51. The second-order valence-electron chi connectivity index (χ2n) is 6.74. The summed E-state index contributed by atoms with van der Waals surface area (Å²) < 4.78 is 5.43. The number of amides is 2. The Morgan fingerprint density at radius 2 is 1.89 bits per heavy atom. The number of carbonyl (C=O) groups excluding carboxylic acids is 2. The number of ether oxygens (including phenoxy) is 1. The summed E-state index contributed by atoms with van der Waals surface area (Å²) in [5.74, 6) is -0.590. The number of carboxylic acids is 1. The molecule has 1 aliphatic heterocycles. The number of nitrogens with one attached hydrogen (secondary N) is 2. The topological polar surface area (TPSA) is 90.5 Å². The zero-order valence-electron chi connectivity index (χ0n) is 16.5. The molecule has 1 aliphatic rings. The van der Waals surface area contributed by atoms with E-state index in [1.54, 1.807) is 18.2 Å². The second kappa shape index (κ2) is 10.4. The van der Waals surface area contributed by atoms with Crippen molar-refractivity contribution in [2.45, 2.75) is 32.7 Å². The van der Waals surface area contributed by atoms with Crippen LogP contribution in [-0.2, 0) is 17.6 Å². The van der Waals surface area contributed by atoms with Gasteiger partial charge >= 0.3 is 57.4 Å². The van der Waals surface area contributed by atoms with Crippen molar-refractivity contribution in [3.05, 3.63) is 64.2 Å². The van der Waals surface area contributed by atoms with Gasteiger partial charge in [-0.15, -0.1) is 0 Å². The normalized spacial score (nSPS) is 12.9. The smallest absolute Gasteiger partial charge is 0.548 e. The first-order valence-electron chi connectivity index (χ1n) is 9.01. The van der Waals surface area contributed by atoms with Crippen LogP contribution in [0.1, 0.15) is 33.9 Å². The zero-order valence-corrected chi connectivity index (χ0v) is 19.6. The van der Waals surface area contributed by atoms with Gasteiger partial charge in [-0.25, -0.2) is 4.79 Å². The van der Waals surface area contributed by atoms with Gasteiger partial charge < -0.3 is 25.3 Å². The molecule has 2 aromatic rings. The Morgan fingerprint density at radius 1 is 1.18 bits per heavy atom. The molecule has 0 bridgehead atoms. The zero-order chi connectivity index (χ0) is 19.4. The average molecular weight is 407 g/mol. The van der Waals surface area contributed by atoms with E-state index in [9.17, 15) is 14.7 Å². The predicted molar refractivity (Wildman–Crippen MR) is 99.5 cm³/mol. The van der Waals surface area contributed by atoms with E-state index in [2.05, 4.69) is 10.6 Å². The molecular formula is C21H23KN2O4. The fourth-order valence-corrected chi connectivity index (χ4v) is 3.39. The molecule has 1 atom stereocenters. The molecule has 0 fully saturated rings. The number of hydrogen-bond donors (Lipinski definition) is 2. The van der Waals surface area contributed by atoms with Crippen LogP contribution >= 0.6 is 0 Å². The maximum atomic E-state index is 12.2. The number of fused-ring (bicyclic) bond motifs is 1. The van der Waals surface area contributed by atoms with Gasteiger partial charge in [0.15, 0.2) is 0 Å². The summed E-state index contributed by atoms with van der Waals surface area (Å²) in [5.41, 5.74) is 4.95. The van der Waals surface area contributed by atoms with E-state index in [0.717, 1.165) is 17.7 Å². The molecule has 0 aliphatic carbocycles. The van der Waals surface area contributed by atoms with E-state index in [1.165, 1.54) is 16.7 Å². The van der Waals surface area contributed by atoms with E-state index in [1.807, 2.05) is 32.0 Å². The molecule has 28 heavy (non-hydrogen) atoms. The molecule has 0 saturated carbocycles. The molecule has 7 heteroatoms. The summed E-state index contributed by atoms with van der Waals surface area (Å²) in [7, 11) is 0. The minimum absolute atomic E-state index is 0. The van der Waals surface area contributed by atoms with E-state index in [-0.39, 0.29) is 51.4 Å². The molecule has 142 valence electrons. The maximum absolute atomic E-state index is 12.2. The molecule has 0 spiro atoms. The number of aliphatic carboxylic acids is 1. The summed E-state index contributed by atoms with van der Waals surface area (Å²) in [5, 5.41) is 16.7. The molecule has 0 aromatic heterocycles. The molecule has 0 radical (unpaired) electrons. The number of rotatable bonds is 6. The first-order chi connectivity index (χ1) is 13.0. The van der Waals surface area contributed by atoms with E-state index >= 15 is 0 Å². The molecule has 2 N–H and O–H groups in total. The van der Waals surface area contributed by atoms with E-state index < -0.39 is 18.0 Å². The van der Waals surface area contributed by atoms with Crippen LogP contribution in [0.15, 0.2) is 36.4 Å². The van der Waals surface area contributed by atoms with Crippen molar-refractivity contribution in [2.24, 2.45) is 0 Å². The van der Waals surface area contributed by atoms with Gasteiger partial charge in [0.05, 0.1) is 18.6 Å². The van der Waals surface area contributed by atoms with Gasteiger partial charge in [0.2, 0.25) is 0 Å². The standard InChI is InChI=1S/C21H24N2O4.K/c1-13-4-3-5-14(2)17(13)8-10-22-21(26)23-19(20(24)25)16-6-7-18-15(12-16)9-11-27-18;/h3-7,12,19H,8-11H2,1-2H3,(H,24,25)(H2,22,23,26);/q;+1/p-1. The SMILES string of the molecule is Cc1cccc(C)c1CCNC(=O)NC(C(=O)[O-])c1ccc2c(c1)CCO2.[K+]. The number of carboxylic acid groups (broad SMARTS) is 1. The molecular weight excluding hydrogens is 383 g/mol. The second-order valence-corrected chi connectivity index (χ2v) is 6.74. The van der Waals surface area contributed by atoms with Crippen LogP contribution in [0.2, 0.25) is 0 Å². The molecule has 2 aromatic carbocycles. The number of benzene rings is 2. The van der Waals surface area contributed by atoms with Crippen molar-refractivity contribution in [3.63, 3.8) is 0 Å². The van der Waals surface area contributed by atoms with Gasteiger partial charge in [-0.3, -0.25) is 0 Å². The molecule has 3 rings (SSSR count). The fraction of sp³-hybridized carbons (Fsp3) is 0.333. The Morgan fingerprint density at radius 3 is 2.57 bits per heavy atom. The summed E-state index contributed by atoms with van der Waals surface area (Å²) >= 11 is 0. The predicted octanol–water partition coefficient (Wildman–Crippen LogP) is -1.42. The third kappa shape index (κ3) is 5.58. The van der Waals surface area contributed by atoms with Crippen LogP contribution in [0.4, 0.5) is 4.79 Å². The van der Waals surface area contributed by atoms with Crippen molar-refractivity contribution < 1.29 is 70.8 Å². The largest absolute Gasteiger partial charge is 1.00 e. The van der Waals surface area contributed by atoms with Gasteiger partial charge in [0.25, 0.3) is 0 Å². The van der Waals surface area contributed by atoms with Gasteiger partial charge in [0.1, 0.15) is 5.75 Å². The van der Waals surface area contributed by atoms with E-state index in [4.69, 9.17) is 4.74 Å². The third-order valence-electron chi connectivity index (χ3n) is 4.86. The first-order valence-corrected chi connectivity index (χ1v) is 9.01. The van der Waals surface area contributed by atoms with Crippen molar-refractivity contribution in [3.8, 4) is 5.75 Å². The van der Waals surface area contributed by atoms with Gasteiger partial charge in [0, 0.05) is 13.0 Å². The molecule has 1 unspecified atom stereocenters. The van der Waals surface area contributed by atoms with Crippen molar-refractivity contribution >= 4 is 12.0 Å². The summed E-state index contributed by atoms with van der Waals surface area (Å²) in [6, 6.07) is 9.44. The quantitative estimate of drug-likeness (QED) is 0.576. The Labute approximate surface area is 207 Å². The Hall–Kier alpha value is -1.38. The summed E-state index contributed by atoms with van der Waals surface area (Å²) in [6.45, 7) is 5.06. The molecule has 6 nitrogen and oxygen atoms in total. The van der Waals surface area contributed by atoms with Gasteiger partial charge in [-0.05, 0) is 60.2 Å². The Bertz CT molecular complexity index is 849. The Balaban J connectivity index is 0.00000280. The maximum Gasteiger partial charge on any atom is 1.00 e. The fourth-order valence-electron chi connectivity index (χ4n) is 3.39. The van der Waals surface area contributed by atoms with Crippen LogP contribution in [-0.4, -0.2) is 25.2 Å². The van der Waals surface area contributed by atoms with Crippen LogP contribution in [0.25, 0.3) is 0 Å². The van der Waals surface area contributed by atoms with Crippen molar-refractivity contribution in [2.75, 3.05) is 13.2 Å². The summed E-state index contributed by atoms with van der Waals surface area (Å²) in [4.78, 5) is 23.7. The van der Waals surface area contributed by atoms with Gasteiger partial charge in [-0.2, -0.15) is 0 Å².